The zero-order chi connectivity index (χ0) is 16.8. The van der Waals surface area contributed by atoms with E-state index in [-0.39, 0.29) is 11.5 Å². The second-order valence-corrected chi connectivity index (χ2v) is 6.07. The molecular weight excluding hydrogens is 325 g/mol. The van der Waals surface area contributed by atoms with Crippen LogP contribution in [0, 0.1) is 17.1 Å². The van der Waals surface area contributed by atoms with E-state index in [1.54, 1.807) is 23.9 Å². The molecule has 0 aliphatic heterocycles. The quantitative estimate of drug-likeness (QED) is 0.527. The Balaban J connectivity index is 1.60. The second-order valence-electron chi connectivity index (χ2n) is 4.90. The molecule has 0 radical (unpaired) electrons. The third-order valence-corrected chi connectivity index (χ3v) is 4.24. The zero-order valence-corrected chi connectivity index (χ0v) is 13.5. The summed E-state index contributed by atoms with van der Waals surface area (Å²) in [6.45, 7) is 0.597. The van der Waals surface area contributed by atoms with Crippen molar-refractivity contribution in [1.82, 2.24) is 4.98 Å². The Labute approximate surface area is 143 Å². The lowest BCUT2D eigenvalue weighted by atomic mass is 10.2. The van der Waals surface area contributed by atoms with Crippen LogP contribution in [0.4, 0.5) is 10.3 Å². The minimum absolute atomic E-state index is 0.237. The minimum atomic E-state index is -0.244. The molecule has 0 fully saturated rings. The van der Waals surface area contributed by atoms with Crippen LogP contribution in [0.25, 0.3) is 11.5 Å². The van der Waals surface area contributed by atoms with E-state index in [4.69, 9.17) is 4.42 Å². The second kappa shape index (κ2) is 7.66. The first-order valence-corrected chi connectivity index (χ1v) is 8.33. The molecule has 0 aliphatic carbocycles. The van der Waals surface area contributed by atoms with E-state index < -0.39 is 0 Å². The number of rotatable bonds is 6. The van der Waals surface area contributed by atoms with Crippen molar-refractivity contribution in [2.45, 2.75) is 4.90 Å². The molecule has 0 aliphatic rings. The van der Waals surface area contributed by atoms with Crippen molar-refractivity contribution in [1.29, 1.82) is 5.26 Å². The largest absolute Gasteiger partial charge is 0.419 e. The first-order chi connectivity index (χ1) is 11.8. The van der Waals surface area contributed by atoms with Gasteiger partial charge >= 0.3 is 0 Å². The van der Waals surface area contributed by atoms with Crippen molar-refractivity contribution in [3.8, 4) is 17.5 Å². The van der Waals surface area contributed by atoms with Gasteiger partial charge in [0.25, 0.3) is 0 Å². The zero-order valence-electron chi connectivity index (χ0n) is 12.7. The van der Waals surface area contributed by atoms with Gasteiger partial charge < -0.3 is 9.73 Å². The Kier molecular flexibility index (Phi) is 5.14. The topological polar surface area (TPSA) is 61.9 Å². The molecule has 0 saturated carbocycles. The van der Waals surface area contributed by atoms with Gasteiger partial charge in [-0.05, 0) is 36.4 Å². The SMILES string of the molecule is N#Cc1nc(-c2ccccc2)oc1NCCSc1ccc(F)cc1. The first-order valence-electron chi connectivity index (χ1n) is 7.35. The van der Waals surface area contributed by atoms with E-state index in [0.717, 1.165) is 16.2 Å². The predicted molar refractivity (Wildman–Crippen MR) is 92.3 cm³/mol. The van der Waals surface area contributed by atoms with Crippen LogP contribution in [-0.4, -0.2) is 17.3 Å². The van der Waals surface area contributed by atoms with Gasteiger partial charge in [0.15, 0.2) is 0 Å². The Bertz CT molecular complexity index is 841. The van der Waals surface area contributed by atoms with Crippen molar-refractivity contribution in [2.24, 2.45) is 0 Å². The average Bonchev–Trinajstić information content (AvgIpc) is 3.04. The fourth-order valence-corrected chi connectivity index (χ4v) is 2.85. The van der Waals surface area contributed by atoms with E-state index >= 15 is 0 Å². The van der Waals surface area contributed by atoms with Crippen LogP contribution in [0.15, 0.2) is 63.9 Å². The molecule has 6 heteroatoms. The maximum absolute atomic E-state index is 12.9. The molecule has 24 heavy (non-hydrogen) atoms. The summed E-state index contributed by atoms with van der Waals surface area (Å²) < 4.78 is 18.5. The van der Waals surface area contributed by atoms with Gasteiger partial charge in [0.05, 0.1) is 0 Å². The number of oxazole rings is 1. The molecule has 0 bridgehead atoms. The molecule has 0 saturated heterocycles. The van der Waals surface area contributed by atoms with E-state index in [9.17, 15) is 9.65 Å². The summed E-state index contributed by atoms with van der Waals surface area (Å²) in [7, 11) is 0. The van der Waals surface area contributed by atoms with Gasteiger partial charge in [-0.25, -0.2) is 4.39 Å². The highest BCUT2D eigenvalue weighted by molar-refractivity contribution is 7.99. The van der Waals surface area contributed by atoms with Crippen molar-refractivity contribution in [3.63, 3.8) is 0 Å². The molecular formula is C18H14FN3OS. The van der Waals surface area contributed by atoms with Gasteiger partial charge in [0.1, 0.15) is 11.9 Å². The number of benzene rings is 2. The fourth-order valence-electron chi connectivity index (χ4n) is 2.08. The van der Waals surface area contributed by atoms with Gasteiger partial charge in [-0.3, -0.25) is 0 Å². The Morgan fingerprint density at radius 3 is 2.58 bits per heavy atom. The first kappa shape index (κ1) is 16.1. The maximum Gasteiger partial charge on any atom is 0.232 e. The third kappa shape index (κ3) is 3.94. The highest BCUT2D eigenvalue weighted by Gasteiger charge is 2.13. The molecule has 2 aromatic carbocycles. The van der Waals surface area contributed by atoms with Crippen LogP contribution < -0.4 is 5.32 Å². The number of thioether (sulfide) groups is 1. The predicted octanol–water partition coefficient (Wildman–Crippen LogP) is 4.56. The number of hydrogen-bond donors (Lipinski definition) is 1. The van der Waals surface area contributed by atoms with Gasteiger partial charge in [-0.1, -0.05) is 18.2 Å². The number of nitrogens with one attached hydrogen (secondary N) is 1. The van der Waals surface area contributed by atoms with Gasteiger partial charge in [-0.15, -0.1) is 11.8 Å². The minimum Gasteiger partial charge on any atom is -0.419 e. The molecule has 0 atom stereocenters. The number of nitrogens with zero attached hydrogens (tertiary/aromatic N) is 2. The number of halogens is 1. The van der Waals surface area contributed by atoms with Crippen molar-refractivity contribution >= 4 is 17.6 Å². The molecule has 1 N–H and O–H groups in total. The summed E-state index contributed by atoms with van der Waals surface area (Å²) in [4.78, 5) is 5.19. The molecule has 0 unspecified atom stereocenters. The number of hydrogen-bond acceptors (Lipinski definition) is 5. The lowest BCUT2D eigenvalue weighted by Crippen LogP contribution is -2.04. The average molecular weight is 339 g/mol. The summed E-state index contributed by atoms with van der Waals surface area (Å²) in [5.41, 5.74) is 1.06. The highest BCUT2D eigenvalue weighted by Crippen LogP contribution is 2.25. The molecule has 0 spiro atoms. The molecule has 1 heterocycles. The van der Waals surface area contributed by atoms with Crippen LogP contribution in [0.1, 0.15) is 5.69 Å². The lowest BCUT2D eigenvalue weighted by molar-refractivity contribution is 0.586. The van der Waals surface area contributed by atoms with Crippen molar-refractivity contribution in [3.05, 3.63) is 66.1 Å². The van der Waals surface area contributed by atoms with Crippen LogP contribution in [0.5, 0.6) is 0 Å². The summed E-state index contributed by atoms with van der Waals surface area (Å²) in [6, 6.07) is 17.8. The summed E-state index contributed by atoms with van der Waals surface area (Å²) in [5.74, 6) is 1.29. The third-order valence-electron chi connectivity index (χ3n) is 3.22. The lowest BCUT2D eigenvalue weighted by Gasteiger charge is -2.03. The molecule has 0 amide bonds. The van der Waals surface area contributed by atoms with Gasteiger partial charge in [-0.2, -0.15) is 10.2 Å². The van der Waals surface area contributed by atoms with Crippen LogP contribution in [-0.2, 0) is 0 Å². The molecule has 4 nitrogen and oxygen atoms in total. The van der Waals surface area contributed by atoms with Crippen molar-refractivity contribution < 1.29 is 8.81 Å². The number of anilines is 1. The van der Waals surface area contributed by atoms with E-state index in [2.05, 4.69) is 10.3 Å². The standard InChI is InChI=1S/C18H14FN3OS/c19-14-6-8-15(9-7-14)24-11-10-21-18-16(12-20)22-17(23-18)13-4-2-1-3-5-13/h1-9,21H,10-11H2. The van der Waals surface area contributed by atoms with E-state index in [1.807, 2.05) is 36.4 Å². The van der Waals surface area contributed by atoms with Crippen LogP contribution in [0.3, 0.4) is 0 Å². The maximum atomic E-state index is 12.9. The smallest absolute Gasteiger partial charge is 0.232 e. The van der Waals surface area contributed by atoms with Crippen LogP contribution >= 0.6 is 11.8 Å². The monoisotopic (exact) mass is 339 g/mol. The highest BCUT2D eigenvalue weighted by atomic mass is 32.2. The fraction of sp³-hybridized carbons (Fsp3) is 0.111. The van der Waals surface area contributed by atoms with E-state index in [0.29, 0.717) is 18.3 Å². The summed E-state index contributed by atoms with van der Waals surface area (Å²) in [6.07, 6.45) is 0. The molecule has 3 rings (SSSR count). The molecule has 1 aromatic heterocycles. The molecule has 3 aromatic rings. The molecule has 120 valence electrons. The normalized spacial score (nSPS) is 10.3. The van der Waals surface area contributed by atoms with Crippen LogP contribution in [0.2, 0.25) is 0 Å². The van der Waals surface area contributed by atoms with Gasteiger partial charge in [0.2, 0.25) is 17.5 Å². The summed E-state index contributed by atoms with van der Waals surface area (Å²) in [5, 5.41) is 12.3. The Morgan fingerprint density at radius 2 is 1.88 bits per heavy atom. The van der Waals surface area contributed by atoms with Crippen molar-refractivity contribution in [2.75, 3.05) is 17.6 Å². The summed E-state index contributed by atoms with van der Waals surface area (Å²) >= 11 is 1.59. The Morgan fingerprint density at radius 1 is 1.12 bits per heavy atom. The number of nitriles is 1. The van der Waals surface area contributed by atoms with Gasteiger partial charge in [0, 0.05) is 22.8 Å². The van der Waals surface area contributed by atoms with E-state index in [1.165, 1.54) is 12.1 Å². The number of aromatic nitrogens is 1. The Hall–Kier alpha value is -2.78.